The fourth-order valence-electron chi connectivity index (χ4n) is 11.1. The molecule has 0 amide bonds. The highest BCUT2D eigenvalue weighted by molar-refractivity contribution is 5.74. The van der Waals surface area contributed by atoms with Crippen molar-refractivity contribution in [1.82, 2.24) is 9.80 Å². The van der Waals surface area contributed by atoms with Crippen LogP contribution in [0.2, 0.25) is 0 Å². The molecular formula is C72H118N2O8. The van der Waals surface area contributed by atoms with Crippen molar-refractivity contribution in [2.24, 2.45) is 11.8 Å². The van der Waals surface area contributed by atoms with E-state index < -0.39 is 0 Å². The van der Waals surface area contributed by atoms with Crippen LogP contribution in [0.1, 0.15) is 270 Å². The topological polar surface area (TPSA) is 112 Å². The molecule has 464 valence electrons. The molecule has 10 nitrogen and oxygen atoms in total. The van der Waals surface area contributed by atoms with E-state index in [-0.39, 0.29) is 36.7 Å². The molecule has 2 heterocycles. The van der Waals surface area contributed by atoms with E-state index in [1.165, 1.54) is 219 Å². The molecule has 2 fully saturated rings. The molecule has 2 aromatic rings. The first-order valence-corrected chi connectivity index (χ1v) is 33.9. The summed E-state index contributed by atoms with van der Waals surface area (Å²) >= 11 is 0. The maximum Gasteiger partial charge on any atom is 0.311 e. The number of esters is 4. The van der Waals surface area contributed by atoms with Gasteiger partial charge in [-0.05, 0) is 202 Å². The Morgan fingerprint density at radius 1 is 0.390 bits per heavy atom. The average molecular weight is 1140 g/mol. The van der Waals surface area contributed by atoms with Gasteiger partial charge in [-0.2, -0.15) is 0 Å². The van der Waals surface area contributed by atoms with Gasteiger partial charge in [0.15, 0.2) is 0 Å². The zero-order valence-corrected chi connectivity index (χ0v) is 52.8. The second-order valence-corrected chi connectivity index (χ2v) is 23.8. The van der Waals surface area contributed by atoms with E-state index in [1.807, 2.05) is 24.3 Å². The lowest BCUT2D eigenvalue weighted by molar-refractivity contribution is -0.144. The zero-order valence-electron chi connectivity index (χ0n) is 52.8. The van der Waals surface area contributed by atoms with E-state index >= 15 is 0 Å². The highest BCUT2D eigenvalue weighted by atomic mass is 16.5. The van der Waals surface area contributed by atoms with Gasteiger partial charge in [0.05, 0.1) is 26.1 Å². The first kappa shape index (κ1) is 72.0. The van der Waals surface area contributed by atoms with Crippen LogP contribution in [0.4, 0.5) is 0 Å². The van der Waals surface area contributed by atoms with Gasteiger partial charge >= 0.3 is 23.9 Å². The molecule has 10 heteroatoms. The molecule has 2 aromatic carbocycles. The van der Waals surface area contributed by atoms with Gasteiger partial charge in [0, 0.05) is 12.8 Å². The van der Waals surface area contributed by atoms with Crippen LogP contribution in [-0.2, 0) is 41.5 Å². The van der Waals surface area contributed by atoms with Gasteiger partial charge in [-0.3, -0.25) is 19.2 Å². The standard InChI is InChI=1S/2C36H59NO4/c2*1-3-5-6-7-8-9-10-11-12-13-14-15-16-17-18-19-35(38)41-34-22-20-33(21-23-34)31-36(39)40-30-26-32-24-28-37(27-4-2)29-25-32/h2*11-12,20-23,32H,3-10,13-19,24-31H2,1-2H3/b2*12-11-. The molecule has 2 aliphatic heterocycles. The number of carbonyl (C=O) groups is 4. The molecule has 82 heavy (non-hydrogen) atoms. The molecule has 0 saturated carbocycles. The van der Waals surface area contributed by atoms with Crippen molar-refractivity contribution in [2.75, 3.05) is 52.5 Å². The van der Waals surface area contributed by atoms with Gasteiger partial charge < -0.3 is 28.7 Å². The second kappa shape index (κ2) is 50.1. The summed E-state index contributed by atoms with van der Waals surface area (Å²) < 4.78 is 22.0. The van der Waals surface area contributed by atoms with Crippen LogP contribution in [0, 0.1) is 11.8 Å². The predicted octanol–water partition coefficient (Wildman–Crippen LogP) is 18.5. The molecule has 0 aliphatic carbocycles. The van der Waals surface area contributed by atoms with Crippen LogP contribution in [0.25, 0.3) is 0 Å². The third-order valence-electron chi connectivity index (χ3n) is 16.4. The largest absolute Gasteiger partial charge is 0.465 e. The molecule has 4 rings (SSSR count). The van der Waals surface area contributed by atoms with Crippen molar-refractivity contribution >= 4 is 23.9 Å². The van der Waals surface area contributed by atoms with Crippen molar-refractivity contribution in [3.05, 3.63) is 84.0 Å². The SMILES string of the molecule is CCCCCCCC/C=C\CCCCCCCC(=O)Oc1ccc(CC(=O)OCCC2CCN(CCC)CC2)cc1.CCCCCCCC/C=C\CCCCCCCC(=O)Oc1ccc(CC(=O)OCCC2CCN(CCC)CC2)cc1. The first-order chi connectivity index (χ1) is 40.2. The Labute approximate surface area is 501 Å². The molecule has 0 aromatic heterocycles. The Bertz CT molecular complexity index is 1790. The number of nitrogens with zero attached hydrogens (tertiary/aromatic N) is 2. The van der Waals surface area contributed by atoms with E-state index in [2.05, 4.69) is 61.8 Å². The Hall–Kier alpha value is -4.28. The molecule has 2 aliphatic rings. The molecule has 0 radical (unpaired) electrons. The summed E-state index contributed by atoms with van der Waals surface area (Å²) in [4.78, 5) is 54.0. The van der Waals surface area contributed by atoms with Gasteiger partial charge in [0.1, 0.15) is 11.5 Å². The van der Waals surface area contributed by atoms with E-state index in [4.69, 9.17) is 18.9 Å². The fraction of sp³-hybridized carbons (Fsp3) is 0.722. The number of unbranched alkanes of at least 4 members (excludes halogenated alkanes) is 22. The maximum absolute atomic E-state index is 12.3. The minimum absolute atomic E-state index is 0.185. The number of ether oxygens (including phenoxy) is 4. The molecule has 0 unspecified atom stereocenters. The number of hydrogen-bond donors (Lipinski definition) is 0. The summed E-state index contributed by atoms with van der Waals surface area (Å²) in [6.45, 7) is 17.0. The minimum Gasteiger partial charge on any atom is -0.465 e. The third kappa shape index (κ3) is 39.3. The fourth-order valence-corrected chi connectivity index (χ4v) is 11.1. The molecule has 2 saturated heterocycles. The average Bonchev–Trinajstić information content (AvgIpc) is 3.48. The highest BCUT2D eigenvalue weighted by Crippen LogP contribution is 2.23. The predicted molar refractivity (Wildman–Crippen MR) is 341 cm³/mol. The van der Waals surface area contributed by atoms with Crippen molar-refractivity contribution < 1.29 is 38.1 Å². The lowest BCUT2D eigenvalue weighted by atomic mass is 9.94. The number of allylic oxidation sites excluding steroid dienone is 4. The normalized spacial score (nSPS) is 14.5. The lowest BCUT2D eigenvalue weighted by Gasteiger charge is -2.31. The van der Waals surface area contributed by atoms with E-state index in [0.29, 0.717) is 49.4 Å². The molecule has 0 bridgehead atoms. The number of rotatable bonds is 46. The van der Waals surface area contributed by atoms with Gasteiger partial charge in [0.2, 0.25) is 0 Å². The van der Waals surface area contributed by atoms with Crippen LogP contribution < -0.4 is 9.47 Å². The number of benzene rings is 2. The van der Waals surface area contributed by atoms with Crippen LogP contribution >= 0.6 is 0 Å². The lowest BCUT2D eigenvalue weighted by Crippen LogP contribution is -2.34. The van der Waals surface area contributed by atoms with Gasteiger partial charge in [-0.1, -0.05) is 179 Å². The Balaban J connectivity index is 0.000000430. The highest BCUT2D eigenvalue weighted by Gasteiger charge is 2.20. The van der Waals surface area contributed by atoms with E-state index in [9.17, 15) is 19.2 Å². The van der Waals surface area contributed by atoms with Gasteiger partial charge in [0.25, 0.3) is 0 Å². The summed E-state index contributed by atoms with van der Waals surface area (Å²) in [5.41, 5.74) is 1.75. The van der Waals surface area contributed by atoms with Crippen LogP contribution in [0.15, 0.2) is 72.8 Å². The first-order valence-electron chi connectivity index (χ1n) is 33.9. The van der Waals surface area contributed by atoms with Crippen molar-refractivity contribution in [3.63, 3.8) is 0 Å². The summed E-state index contributed by atoms with van der Waals surface area (Å²) in [7, 11) is 0. The molecule has 0 atom stereocenters. The Morgan fingerprint density at radius 2 is 0.695 bits per heavy atom. The smallest absolute Gasteiger partial charge is 0.311 e. The van der Waals surface area contributed by atoms with Crippen molar-refractivity contribution in [1.29, 1.82) is 0 Å². The molecular weight excluding hydrogens is 1020 g/mol. The maximum atomic E-state index is 12.3. The van der Waals surface area contributed by atoms with Crippen LogP contribution in [0.3, 0.4) is 0 Å². The number of hydrogen-bond acceptors (Lipinski definition) is 10. The second-order valence-electron chi connectivity index (χ2n) is 23.8. The molecule has 0 spiro atoms. The summed E-state index contributed by atoms with van der Waals surface area (Å²) in [6, 6.07) is 14.4. The van der Waals surface area contributed by atoms with Crippen LogP contribution in [0.5, 0.6) is 11.5 Å². The Morgan fingerprint density at radius 3 is 1.01 bits per heavy atom. The number of carbonyl (C=O) groups excluding carboxylic acids is 4. The van der Waals surface area contributed by atoms with E-state index in [1.54, 1.807) is 24.3 Å². The zero-order chi connectivity index (χ0) is 58.8. The Kier molecular flexibility index (Phi) is 44.0. The van der Waals surface area contributed by atoms with Crippen molar-refractivity contribution in [3.8, 4) is 11.5 Å². The molecule has 0 N–H and O–H groups in total. The van der Waals surface area contributed by atoms with Gasteiger partial charge in [-0.15, -0.1) is 0 Å². The number of likely N-dealkylation sites (tertiary alicyclic amines) is 2. The third-order valence-corrected chi connectivity index (χ3v) is 16.4. The summed E-state index contributed by atoms with van der Waals surface area (Å²) in [6.07, 6.45) is 52.2. The van der Waals surface area contributed by atoms with Crippen LogP contribution in [-0.4, -0.2) is 86.2 Å². The van der Waals surface area contributed by atoms with Crippen molar-refractivity contribution in [2.45, 2.75) is 272 Å². The summed E-state index contributed by atoms with van der Waals surface area (Å²) in [5.74, 6) is 1.65. The quantitative estimate of drug-likeness (QED) is 0.0275. The monoisotopic (exact) mass is 1140 g/mol. The summed E-state index contributed by atoms with van der Waals surface area (Å²) in [5, 5.41) is 0. The minimum atomic E-state index is -0.192. The van der Waals surface area contributed by atoms with E-state index in [0.717, 1.165) is 49.7 Å². The van der Waals surface area contributed by atoms with Gasteiger partial charge in [-0.25, -0.2) is 0 Å². The number of piperidine rings is 2.